The van der Waals surface area contributed by atoms with Gasteiger partial charge in [-0.2, -0.15) is 0 Å². The van der Waals surface area contributed by atoms with Gasteiger partial charge < -0.3 is 5.32 Å². The zero-order valence-electron chi connectivity index (χ0n) is 10.9. The van der Waals surface area contributed by atoms with Crippen molar-refractivity contribution in [1.82, 2.24) is 0 Å². The molecule has 0 radical (unpaired) electrons. The van der Waals surface area contributed by atoms with E-state index in [2.05, 4.69) is 41.7 Å². The highest BCUT2D eigenvalue weighted by molar-refractivity contribution is 6.33. The minimum absolute atomic E-state index is 0.0479. The molecular formula is C17H18ClN. The van der Waals surface area contributed by atoms with Gasteiger partial charge in [-0.1, -0.05) is 66.9 Å². The van der Waals surface area contributed by atoms with E-state index in [1.54, 1.807) is 0 Å². The number of hydrogen-bond acceptors (Lipinski definition) is 1. The molecule has 0 bridgehead atoms. The molecule has 98 valence electrons. The van der Waals surface area contributed by atoms with Crippen LogP contribution in [-0.4, -0.2) is 0 Å². The molecule has 0 atom stereocenters. The molecule has 0 amide bonds. The molecule has 1 aliphatic rings. The maximum absolute atomic E-state index is 6.29. The maximum Gasteiger partial charge on any atom is 0.0637 e. The van der Waals surface area contributed by atoms with Crippen molar-refractivity contribution in [2.45, 2.75) is 31.2 Å². The van der Waals surface area contributed by atoms with Gasteiger partial charge in [-0.05, 0) is 30.5 Å². The van der Waals surface area contributed by atoms with Gasteiger partial charge in [0, 0.05) is 0 Å². The summed E-state index contributed by atoms with van der Waals surface area (Å²) in [6.45, 7) is 0. The lowest BCUT2D eigenvalue weighted by molar-refractivity contribution is 0.509. The fraction of sp³-hybridized carbons (Fsp3) is 0.294. The van der Waals surface area contributed by atoms with E-state index in [0.29, 0.717) is 0 Å². The molecule has 3 rings (SSSR count). The molecule has 2 aromatic carbocycles. The van der Waals surface area contributed by atoms with E-state index in [-0.39, 0.29) is 5.54 Å². The van der Waals surface area contributed by atoms with E-state index in [1.807, 2.05) is 18.2 Å². The molecule has 1 fully saturated rings. The van der Waals surface area contributed by atoms with Crippen LogP contribution in [0.25, 0.3) is 0 Å². The fourth-order valence-electron chi connectivity index (χ4n) is 3.04. The third-order valence-corrected chi connectivity index (χ3v) is 4.36. The van der Waals surface area contributed by atoms with Gasteiger partial charge >= 0.3 is 0 Å². The monoisotopic (exact) mass is 271 g/mol. The van der Waals surface area contributed by atoms with Crippen LogP contribution in [0, 0.1) is 0 Å². The summed E-state index contributed by atoms with van der Waals surface area (Å²) < 4.78 is 0. The van der Waals surface area contributed by atoms with E-state index in [0.717, 1.165) is 10.7 Å². The summed E-state index contributed by atoms with van der Waals surface area (Å²) in [5.41, 5.74) is 2.45. The van der Waals surface area contributed by atoms with Crippen molar-refractivity contribution in [3.8, 4) is 0 Å². The van der Waals surface area contributed by atoms with Gasteiger partial charge in [0.15, 0.2) is 0 Å². The first kappa shape index (κ1) is 12.6. The van der Waals surface area contributed by atoms with E-state index in [9.17, 15) is 0 Å². The van der Waals surface area contributed by atoms with E-state index in [1.165, 1.54) is 31.2 Å². The van der Waals surface area contributed by atoms with Gasteiger partial charge in [0.2, 0.25) is 0 Å². The van der Waals surface area contributed by atoms with Crippen LogP contribution in [0.15, 0.2) is 54.6 Å². The van der Waals surface area contributed by atoms with Crippen LogP contribution < -0.4 is 5.32 Å². The number of hydrogen-bond donors (Lipinski definition) is 1. The molecule has 0 aliphatic heterocycles. The van der Waals surface area contributed by atoms with Crippen LogP contribution in [0.5, 0.6) is 0 Å². The molecule has 2 heteroatoms. The van der Waals surface area contributed by atoms with Crippen molar-refractivity contribution in [2.24, 2.45) is 0 Å². The number of benzene rings is 2. The molecule has 0 saturated heterocycles. The summed E-state index contributed by atoms with van der Waals surface area (Å²) in [7, 11) is 0. The van der Waals surface area contributed by atoms with Crippen molar-refractivity contribution >= 4 is 17.3 Å². The van der Waals surface area contributed by atoms with Gasteiger partial charge in [0.1, 0.15) is 0 Å². The molecule has 0 heterocycles. The topological polar surface area (TPSA) is 12.0 Å². The predicted molar refractivity (Wildman–Crippen MR) is 81.7 cm³/mol. The summed E-state index contributed by atoms with van der Waals surface area (Å²) >= 11 is 6.29. The SMILES string of the molecule is Clc1ccccc1NC1(c2ccccc2)CCCC1. The first-order chi connectivity index (χ1) is 9.30. The Morgan fingerprint density at radius 1 is 0.842 bits per heavy atom. The normalized spacial score (nSPS) is 17.3. The van der Waals surface area contributed by atoms with Crippen molar-refractivity contribution < 1.29 is 0 Å². The summed E-state index contributed by atoms with van der Waals surface area (Å²) in [6.07, 6.45) is 4.88. The Morgan fingerprint density at radius 3 is 2.16 bits per heavy atom. The zero-order valence-corrected chi connectivity index (χ0v) is 11.7. The van der Waals surface area contributed by atoms with Crippen molar-refractivity contribution in [3.05, 3.63) is 65.2 Å². The van der Waals surface area contributed by atoms with E-state index >= 15 is 0 Å². The van der Waals surface area contributed by atoms with Crippen LogP contribution in [0.2, 0.25) is 5.02 Å². The van der Waals surface area contributed by atoms with Gasteiger partial charge in [-0.15, -0.1) is 0 Å². The van der Waals surface area contributed by atoms with Crippen LogP contribution in [-0.2, 0) is 5.54 Å². The zero-order chi connectivity index (χ0) is 13.1. The smallest absolute Gasteiger partial charge is 0.0637 e. The molecule has 2 aromatic rings. The fourth-order valence-corrected chi connectivity index (χ4v) is 3.22. The van der Waals surface area contributed by atoms with Crippen LogP contribution in [0.3, 0.4) is 0 Å². The highest BCUT2D eigenvalue weighted by Crippen LogP contribution is 2.42. The molecule has 1 saturated carbocycles. The molecule has 0 spiro atoms. The highest BCUT2D eigenvalue weighted by atomic mass is 35.5. The van der Waals surface area contributed by atoms with Crippen LogP contribution in [0.1, 0.15) is 31.2 Å². The molecule has 19 heavy (non-hydrogen) atoms. The maximum atomic E-state index is 6.29. The first-order valence-electron chi connectivity index (χ1n) is 6.88. The molecule has 1 aliphatic carbocycles. The molecule has 0 unspecified atom stereocenters. The van der Waals surface area contributed by atoms with Crippen molar-refractivity contribution in [2.75, 3.05) is 5.32 Å². The second kappa shape index (κ2) is 5.26. The molecular weight excluding hydrogens is 254 g/mol. The van der Waals surface area contributed by atoms with Gasteiger partial charge in [0.25, 0.3) is 0 Å². The van der Waals surface area contributed by atoms with Gasteiger partial charge in [-0.25, -0.2) is 0 Å². The summed E-state index contributed by atoms with van der Waals surface area (Å²) in [5, 5.41) is 4.50. The van der Waals surface area contributed by atoms with Crippen molar-refractivity contribution in [1.29, 1.82) is 0 Å². The quantitative estimate of drug-likeness (QED) is 0.807. The molecule has 1 N–H and O–H groups in total. The second-order valence-corrected chi connectivity index (χ2v) is 5.67. The average Bonchev–Trinajstić information content (AvgIpc) is 2.92. The highest BCUT2D eigenvalue weighted by Gasteiger charge is 2.35. The lowest BCUT2D eigenvalue weighted by Crippen LogP contribution is -2.32. The Balaban J connectivity index is 1.96. The molecule has 1 nitrogen and oxygen atoms in total. The summed E-state index contributed by atoms with van der Waals surface area (Å²) in [6, 6.07) is 18.7. The lowest BCUT2D eigenvalue weighted by atomic mass is 9.88. The number of nitrogens with one attached hydrogen (secondary N) is 1. The Labute approximate surface area is 119 Å². The Kier molecular flexibility index (Phi) is 3.48. The number of halogens is 1. The lowest BCUT2D eigenvalue weighted by Gasteiger charge is -2.32. The largest absolute Gasteiger partial charge is 0.374 e. The van der Waals surface area contributed by atoms with Gasteiger partial charge in [-0.3, -0.25) is 0 Å². The minimum atomic E-state index is 0.0479. The van der Waals surface area contributed by atoms with Crippen LogP contribution in [0.4, 0.5) is 5.69 Å². The number of para-hydroxylation sites is 1. The summed E-state index contributed by atoms with van der Waals surface area (Å²) in [4.78, 5) is 0. The third kappa shape index (κ3) is 2.48. The average molecular weight is 272 g/mol. The van der Waals surface area contributed by atoms with E-state index < -0.39 is 0 Å². The standard InChI is InChI=1S/C17H18ClN/c18-15-10-4-5-11-16(15)19-17(12-6-7-13-17)14-8-2-1-3-9-14/h1-5,8-11,19H,6-7,12-13H2. The Bertz CT molecular complexity index is 544. The van der Waals surface area contributed by atoms with Crippen molar-refractivity contribution in [3.63, 3.8) is 0 Å². The Morgan fingerprint density at radius 2 is 1.47 bits per heavy atom. The summed E-state index contributed by atoms with van der Waals surface area (Å²) in [5.74, 6) is 0. The van der Waals surface area contributed by atoms with Crippen LogP contribution >= 0.6 is 11.6 Å². The third-order valence-electron chi connectivity index (χ3n) is 4.03. The van der Waals surface area contributed by atoms with E-state index in [4.69, 9.17) is 11.6 Å². The second-order valence-electron chi connectivity index (χ2n) is 5.26. The Hall–Kier alpha value is -1.47. The number of rotatable bonds is 3. The predicted octanol–water partition coefficient (Wildman–Crippen LogP) is 5.22. The minimum Gasteiger partial charge on any atom is -0.374 e. The first-order valence-corrected chi connectivity index (χ1v) is 7.26. The molecule has 0 aromatic heterocycles. The number of anilines is 1. The van der Waals surface area contributed by atoms with Gasteiger partial charge in [0.05, 0.1) is 16.2 Å².